The van der Waals surface area contributed by atoms with Crippen molar-refractivity contribution < 1.29 is 4.79 Å². The number of hydrogen-bond donors (Lipinski definition) is 2. The van der Waals surface area contributed by atoms with E-state index in [1.54, 1.807) is 0 Å². The molecule has 1 amide bonds. The highest BCUT2D eigenvalue weighted by atomic mass is 16.2. The minimum atomic E-state index is -0.132. The molecule has 0 radical (unpaired) electrons. The van der Waals surface area contributed by atoms with Crippen LogP contribution in [0.4, 0.5) is 0 Å². The molecule has 0 aromatic rings. The summed E-state index contributed by atoms with van der Waals surface area (Å²) in [4.78, 5) is 11.4. The number of carbonyl (C=O) groups excluding carboxylic acids is 1. The Morgan fingerprint density at radius 1 is 1.21 bits per heavy atom. The van der Waals surface area contributed by atoms with Crippen LogP contribution in [0.15, 0.2) is 0 Å². The van der Waals surface area contributed by atoms with Gasteiger partial charge in [-0.2, -0.15) is 0 Å². The van der Waals surface area contributed by atoms with Crippen LogP contribution < -0.4 is 10.6 Å². The number of rotatable bonds is 5. The Kier molecular flexibility index (Phi) is 5.77. The van der Waals surface area contributed by atoms with Gasteiger partial charge in [0.25, 0.3) is 0 Å². The van der Waals surface area contributed by atoms with Crippen molar-refractivity contribution in [1.82, 2.24) is 10.6 Å². The molecule has 0 fully saturated rings. The molecule has 0 aliphatic rings. The molecule has 3 nitrogen and oxygen atoms in total. The zero-order chi connectivity index (χ0) is 11.2. The van der Waals surface area contributed by atoms with Gasteiger partial charge in [-0.25, -0.2) is 0 Å². The maximum atomic E-state index is 11.4. The lowest BCUT2D eigenvalue weighted by molar-refractivity contribution is -0.121. The molecule has 0 spiro atoms. The fourth-order valence-electron chi connectivity index (χ4n) is 1.28. The van der Waals surface area contributed by atoms with E-state index < -0.39 is 0 Å². The summed E-state index contributed by atoms with van der Waals surface area (Å²) in [5.74, 6) is 0.0735. The second kappa shape index (κ2) is 6.02. The van der Waals surface area contributed by atoms with Gasteiger partial charge < -0.3 is 10.6 Å². The van der Waals surface area contributed by atoms with Gasteiger partial charge in [0.05, 0.1) is 6.54 Å². The van der Waals surface area contributed by atoms with E-state index in [9.17, 15) is 4.79 Å². The monoisotopic (exact) mass is 200 g/mol. The maximum Gasteiger partial charge on any atom is 0.234 e. The van der Waals surface area contributed by atoms with Crippen molar-refractivity contribution in [3.63, 3.8) is 0 Å². The molecule has 2 N–H and O–H groups in total. The quantitative estimate of drug-likeness (QED) is 0.709. The van der Waals surface area contributed by atoms with Gasteiger partial charge in [0.1, 0.15) is 0 Å². The highest BCUT2D eigenvalue weighted by molar-refractivity contribution is 5.78. The summed E-state index contributed by atoms with van der Waals surface area (Å²) in [5.41, 5.74) is -0.132. The van der Waals surface area contributed by atoms with E-state index in [4.69, 9.17) is 0 Å². The highest BCUT2D eigenvalue weighted by Crippen LogP contribution is 1.98. The minimum absolute atomic E-state index is 0.0735. The number of carbonyl (C=O) groups is 1. The predicted molar refractivity (Wildman–Crippen MR) is 60.3 cm³/mol. The van der Waals surface area contributed by atoms with E-state index in [0.717, 1.165) is 12.8 Å². The van der Waals surface area contributed by atoms with Crippen LogP contribution in [0.3, 0.4) is 0 Å². The van der Waals surface area contributed by atoms with Crippen molar-refractivity contribution in [3.8, 4) is 0 Å². The first-order valence-electron chi connectivity index (χ1n) is 5.43. The second-order valence-corrected chi connectivity index (χ2v) is 4.69. The van der Waals surface area contributed by atoms with E-state index >= 15 is 0 Å². The summed E-state index contributed by atoms with van der Waals surface area (Å²) >= 11 is 0. The second-order valence-electron chi connectivity index (χ2n) is 4.69. The van der Waals surface area contributed by atoms with E-state index in [1.807, 2.05) is 20.8 Å². The molecule has 84 valence electrons. The highest BCUT2D eigenvalue weighted by Gasteiger charge is 2.13. The topological polar surface area (TPSA) is 41.1 Å². The molecule has 0 aliphatic heterocycles. The molecule has 0 aromatic heterocycles. The zero-order valence-corrected chi connectivity index (χ0v) is 10.1. The third-order valence-corrected chi connectivity index (χ3v) is 2.05. The van der Waals surface area contributed by atoms with Gasteiger partial charge in [-0.3, -0.25) is 4.79 Å². The van der Waals surface area contributed by atoms with Gasteiger partial charge in [0, 0.05) is 11.6 Å². The van der Waals surface area contributed by atoms with Gasteiger partial charge in [-0.15, -0.1) is 0 Å². The Morgan fingerprint density at radius 2 is 1.71 bits per heavy atom. The summed E-state index contributed by atoms with van der Waals surface area (Å²) in [7, 11) is 0. The molecule has 0 heterocycles. The molecule has 0 atom stereocenters. The van der Waals surface area contributed by atoms with Crippen LogP contribution >= 0.6 is 0 Å². The first-order valence-corrected chi connectivity index (χ1v) is 5.43. The Hall–Kier alpha value is -0.570. The predicted octanol–water partition coefficient (Wildman–Crippen LogP) is 1.68. The van der Waals surface area contributed by atoms with Gasteiger partial charge in [0.15, 0.2) is 0 Å². The maximum absolute atomic E-state index is 11.4. The van der Waals surface area contributed by atoms with Crippen molar-refractivity contribution in [1.29, 1.82) is 0 Å². The van der Waals surface area contributed by atoms with Crippen LogP contribution in [0.2, 0.25) is 0 Å². The normalized spacial score (nSPS) is 11.9. The Morgan fingerprint density at radius 3 is 2.07 bits per heavy atom. The first-order chi connectivity index (χ1) is 6.39. The fraction of sp³-hybridized carbons (Fsp3) is 0.909. The van der Waals surface area contributed by atoms with Crippen molar-refractivity contribution in [3.05, 3.63) is 0 Å². The summed E-state index contributed by atoms with van der Waals surface area (Å²) < 4.78 is 0. The molecule has 0 unspecified atom stereocenters. The van der Waals surface area contributed by atoms with Crippen LogP contribution in [-0.2, 0) is 4.79 Å². The molecule has 0 aliphatic carbocycles. The first kappa shape index (κ1) is 13.4. The summed E-state index contributed by atoms with van der Waals surface area (Å²) in [6, 6.07) is 0.459. The molecule has 0 saturated heterocycles. The molecule has 0 bridgehead atoms. The standard InChI is InChI=1S/C11H24N2O/c1-6-9(7-2)12-8-10(14)13-11(3,4)5/h9,12H,6-8H2,1-5H3,(H,13,14). The van der Waals surface area contributed by atoms with Gasteiger partial charge in [-0.05, 0) is 33.6 Å². The lowest BCUT2D eigenvalue weighted by Crippen LogP contribution is -2.46. The Bertz CT molecular complexity index is 169. The lowest BCUT2D eigenvalue weighted by Gasteiger charge is -2.22. The molecule has 14 heavy (non-hydrogen) atoms. The lowest BCUT2D eigenvalue weighted by atomic mass is 10.1. The van der Waals surface area contributed by atoms with Crippen molar-refractivity contribution in [2.45, 2.75) is 59.0 Å². The SMILES string of the molecule is CCC(CC)NCC(=O)NC(C)(C)C. The molecular weight excluding hydrogens is 176 g/mol. The third kappa shape index (κ3) is 6.89. The van der Waals surface area contributed by atoms with Gasteiger partial charge in [-0.1, -0.05) is 13.8 Å². The number of hydrogen-bond acceptors (Lipinski definition) is 2. The largest absolute Gasteiger partial charge is 0.350 e. The average molecular weight is 200 g/mol. The smallest absolute Gasteiger partial charge is 0.234 e. The molecule has 0 saturated carbocycles. The van der Waals surface area contributed by atoms with Crippen LogP contribution in [0.25, 0.3) is 0 Å². The van der Waals surface area contributed by atoms with E-state index in [2.05, 4.69) is 24.5 Å². The Balaban J connectivity index is 3.74. The summed E-state index contributed by atoms with van der Waals surface area (Å²) in [5, 5.41) is 6.15. The molecule has 3 heteroatoms. The molecule has 0 aromatic carbocycles. The zero-order valence-electron chi connectivity index (χ0n) is 10.1. The van der Waals surface area contributed by atoms with Crippen LogP contribution in [0.5, 0.6) is 0 Å². The average Bonchev–Trinajstić information content (AvgIpc) is 2.03. The number of nitrogens with one attached hydrogen (secondary N) is 2. The van der Waals surface area contributed by atoms with Gasteiger partial charge in [0.2, 0.25) is 5.91 Å². The minimum Gasteiger partial charge on any atom is -0.350 e. The van der Waals surface area contributed by atoms with E-state index in [-0.39, 0.29) is 11.4 Å². The fourth-order valence-corrected chi connectivity index (χ4v) is 1.28. The number of amides is 1. The van der Waals surface area contributed by atoms with E-state index in [1.165, 1.54) is 0 Å². The third-order valence-electron chi connectivity index (χ3n) is 2.05. The van der Waals surface area contributed by atoms with Crippen LogP contribution in [-0.4, -0.2) is 24.0 Å². The molecular formula is C11H24N2O. The summed E-state index contributed by atoms with van der Waals surface area (Å²) in [6.45, 7) is 10.6. The molecule has 0 rings (SSSR count). The van der Waals surface area contributed by atoms with Crippen molar-refractivity contribution in [2.24, 2.45) is 0 Å². The summed E-state index contributed by atoms with van der Waals surface area (Å²) in [6.07, 6.45) is 2.14. The van der Waals surface area contributed by atoms with Crippen LogP contribution in [0.1, 0.15) is 47.5 Å². The van der Waals surface area contributed by atoms with Crippen molar-refractivity contribution in [2.75, 3.05) is 6.54 Å². The Labute approximate surface area is 87.6 Å². The van der Waals surface area contributed by atoms with Crippen molar-refractivity contribution >= 4 is 5.91 Å². The van der Waals surface area contributed by atoms with E-state index in [0.29, 0.717) is 12.6 Å². The van der Waals surface area contributed by atoms with Gasteiger partial charge >= 0.3 is 0 Å². The van der Waals surface area contributed by atoms with Crippen LogP contribution in [0, 0.1) is 0 Å².